The summed E-state index contributed by atoms with van der Waals surface area (Å²) in [5, 5.41) is 14.4. The van der Waals surface area contributed by atoms with E-state index in [1.807, 2.05) is 20.8 Å². The van der Waals surface area contributed by atoms with Gasteiger partial charge in [0, 0.05) is 57.1 Å². The molecule has 2 aliphatic rings. The van der Waals surface area contributed by atoms with Crippen LogP contribution in [0.15, 0.2) is 12.4 Å². The Balaban J connectivity index is 1.65. The predicted molar refractivity (Wildman–Crippen MR) is 103 cm³/mol. The number of aliphatic hydroxyl groups is 1. The minimum absolute atomic E-state index is 0.0838. The van der Waals surface area contributed by atoms with Gasteiger partial charge in [-0.1, -0.05) is 13.8 Å². The standard InChI is InChI=1S/C19H31N5O3/c1-4-20-17-21-11-15(12-22-17)16(25)24-6-5-19(26,18(2,3)13-24)14-23-7-9-27-10-8-23/h11-12,26H,4-10,13-14H2,1-3H3,(H,20,21,22)/t19-/m0/s1. The van der Waals surface area contributed by atoms with Crippen LogP contribution in [0.2, 0.25) is 0 Å². The molecular formula is C19H31N5O3. The predicted octanol–water partition coefficient (Wildman–Crippen LogP) is 0.844. The van der Waals surface area contributed by atoms with Gasteiger partial charge in [-0.3, -0.25) is 9.69 Å². The Hall–Kier alpha value is -1.77. The highest BCUT2D eigenvalue weighted by Crippen LogP contribution is 2.39. The molecule has 0 bridgehead atoms. The number of carbonyl (C=O) groups is 1. The van der Waals surface area contributed by atoms with E-state index in [0.29, 0.717) is 50.8 Å². The number of hydrogen-bond acceptors (Lipinski definition) is 7. The molecule has 0 saturated carbocycles. The largest absolute Gasteiger partial charge is 0.388 e. The van der Waals surface area contributed by atoms with Gasteiger partial charge in [0.15, 0.2) is 0 Å². The molecule has 1 amide bonds. The maximum absolute atomic E-state index is 12.9. The Morgan fingerprint density at radius 3 is 2.52 bits per heavy atom. The molecule has 150 valence electrons. The second-order valence-corrected chi connectivity index (χ2v) is 8.11. The van der Waals surface area contributed by atoms with Gasteiger partial charge in [0.05, 0.1) is 24.4 Å². The van der Waals surface area contributed by atoms with Gasteiger partial charge in [-0.2, -0.15) is 0 Å². The van der Waals surface area contributed by atoms with Crippen LogP contribution in [0.1, 0.15) is 37.6 Å². The summed E-state index contributed by atoms with van der Waals surface area (Å²) in [6.45, 7) is 11.5. The van der Waals surface area contributed by atoms with Crippen LogP contribution in [0.5, 0.6) is 0 Å². The number of piperidine rings is 1. The smallest absolute Gasteiger partial charge is 0.257 e. The van der Waals surface area contributed by atoms with Crippen molar-refractivity contribution in [1.82, 2.24) is 19.8 Å². The number of carbonyl (C=O) groups excluding carboxylic acids is 1. The average molecular weight is 377 g/mol. The van der Waals surface area contributed by atoms with Crippen molar-refractivity contribution in [2.45, 2.75) is 32.8 Å². The summed E-state index contributed by atoms with van der Waals surface area (Å²) in [6, 6.07) is 0. The van der Waals surface area contributed by atoms with Crippen LogP contribution in [0, 0.1) is 5.41 Å². The molecular weight excluding hydrogens is 346 g/mol. The Kier molecular flexibility index (Phi) is 5.98. The fraction of sp³-hybridized carbons (Fsp3) is 0.737. The van der Waals surface area contributed by atoms with E-state index >= 15 is 0 Å². The molecule has 3 rings (SSSR count). The Bertz CT molecular complexity index is 645. The topological polar surface area (TPSA) is 90.8 Å². The first kappa shape index (κ1) is 20.0. The van der Waals surface area contributed by atoms with Gasteiger partial charge in [0.2, 0.25) is 5.95 Å². The van der Waals surface area contributed by atoms with E-state index in [-0.39, 0.29) is 5.91 Å². The molecule has 0 aromatic carbocycles. The molecule has 0 spiro atoms. The molecule has 2 fully saturated rings. The molecule has 0 unspecified atom stereocenters. The van der Waals surface area contributed by atoms with Crippen molar-refractivity contribution < 1.29 is 14.6 Å². The normalized spacial score (nSPS) is 26.0. The van der Waals surface area contributed by atoms with Crippen LogP contribution < -0.4 is 5.32 Å². The number of β-amino-alcohol motifs (C(OH)–C–C–N with tert-alkyl or cyclic N) is 1. The molecule has 1 aromatic heterocycles. The van der Waals surface area contributed by atoms with Crippen LogP contribution in [-0.4, -0.2) is 88.9 Å². The fourth-order valence-corrected chi connectivity index (χ4v) is 3.83. The van der Waals surface area contributed by atoms with Crippen molar-refractivity contribution in [1.29, 1.82) is 0 Å². The first-order valence-electron chi connectivity index (χ1n) is 9.72. The lowest BCUT2D eigenvalue weighted by Gasteiger charge is -2.52. The number of rotatable bonds is 5. The SMILES string of the molecule is CCNc1ncc(C(=O)N2CC[C@](O)(CN3CCOCC3)C(C)(C)C2)cn1. The number of amides is 1. The molecule has 0 aliphatic carbocycles. The average Bonchev–Trinajstić information content (AvgIpc) is 2.65. The van der Waals surface area contributed by atoms with Crippen molar-refractivity contribution in [3.63, 3.8) is 0 Å². The van der Waals surface area contributed by atoms with Gasteiger partial charge in [-0.05, 0) is 13.3 Å². The van der Waals surface area contributed by atoms with Gasteiger partial charge < -0.3 is 20.1 Å². The first-order valence-corrected chi connectivity index (χ1v) is 9.72. The molecule has 27 heavy (non-hydrogen) atoms. The third kappa shape index (κ3) is 4.39. The van der Waals surface area contributed by atoms with Gasteiger partial charge in [-0.15, -0.1) is 0 Å². The number of nitrogens with zero attached hydrogens (tertiary/aromatic N) is 4. The summed E-state index contributed by atoms with van der Waals surface area (Å²) >= 11 is 0. The highest BCUT2D eigenvalue weighted by Gasteiger charge is 2.49. The van der Waals surface area contributed by atoms with E-state index in [4.69, 9.17) is 4.74 Å². The lowest BCUT2D eigenvalue weighted by molar-refractivity contribution is -0.133. The lowest BCUT2D eigenvalue weighted by atomic mass is 9.69. The van der Waals surface area contributed by atoms with Crippen molar-refractivity contribution in [3.05, 3.63) is 18.0 Å². The van der Waals surface area contributed by atoms with Crippen LogP contribution in [0.4, 0.5) is 5.95 Å². The number of hydrogen-bond donors (Lipinski definition) is 2. The highest BCUT2D eigenvalue weighted by atomic mass is 16.5. The number of anilines is 1. The zero-order valence-corrected chi connectivity index (χ0v) is 16.6. The van der Waals surface area contributed by atoms with Crippen molar-refractivity contribution >= 4 is 11.9 Å². The van der Waals surface area contributed by atoms with Crippen LogP contribution in [0.3, 0.4) is 0 Å². The monoisotopic (exact) mass is 377 g/mol. The second kappa shape index (κ2) is 8.08. The van der Waals surface area contributed by atoms with Crippen LogP contribution >= 0.6 is 0 Å². The molecule has 2 saturated heterocycles. The second-order valence-electron chi connectivity index (χ2n) is 8.11. The molecule has 8 nitrogen and oxygen atoms in total. The van der Waals surface area contributed by atoms with Gasteiger partial charge in [0.25, 0.3) is 5.91 Å². The Morgan fingerprint density at radius 1 is 1.26 bits per heavy atom. The molecule has 2 aliphatic heterocycles. The molecule has 1 atom stereocenters. The van der Waals surface area contributed by atoms with Gasteiger partial charge >= 0.3 is 0 Å². The maximum atomic E-state index is 12.9. The van der Waals surface area contributed by atoms with E-state index in [1.165, 1.54) is 0 Å². The number of ether oxygens (including phenoxy) is 1. The summed E-state index contributed by atoms with van der Waals surface area (Å²) in [5.74, 6) is 0.437. The van der Waals surface area contributed by atoms with E-state index in [9.17, 15) is 9.90 Å². The zero-order chi connectivity index (χ0) is 19.5. The molecule has 0 radical (unpaired) electrons. The van der Waals surface area contributed by atoms with E-state index in [2.05, 4.69) is 20.2 Å². The van der Waals surface area contributed by atoms with E-state index in [0.717, 1.165) is 19.6 Å². The zero-order valence-electron chi connectivity index (χ0n) is 16.6. The number of morpholine rings is 1. The highest BCUT2D eigenvalue weighted by molar-refractivity contribution is 5.93. The van der Waals surface area contributed by atoms with Gasteiger partial charge in [0.1, 0.15) is 0 Å². The summed E-state index contributed by atoms with van der Waals surface area (Å²) in [5.41, 5.74) is -0.762. The van der Waals surface area contributed by atoms with Crippen LogP contribution in [-0.2, 0) is 4.74 Å². The molecule has 2 N–H and O–H groups in total. The summed E-state index contributed by atoms with van der Waals surface area (Å²) in [4.78, 5) is 25.3. The molecule has 1 aromatic rings. The Labute approximate surface area is 160 Å². The number of nitrogens with one attached hydrogen (secondary N) is 1. The minimum atomic E-state index is -0.827. The van der Waals surface area contributed by atoms with Crippen LogP contribution in [0.25, 0.3) is 0 Å². The van der Waals surface area contributed by atoms with Crippen molar-refractivity contribution in [2.24, 2.45) is 5.41 Å². The maximum Gasteiger partial charge on any atom is 0.257 e. The Morgan fingerprint density at radius 2 is 1.93 bits per heavy atom. The van der Waals surface area contributed by atoms with E-state index in [1.54, 1.807) is 17.3 Å². The van der Waals surface area contributed by atoms with E-state index < -0.39 is 11.0 Å². The fourth-order valence-electron chi connectivity index (χ4n) is 3.83. The minimum Gasteiger partial charge on any atom is -0.388 e. The summed E-state index contributed by atoms with van der Waals surface area (Å²) in [7, 11) is 0. The first-order chi connectivity index (χ1) is 12.8. The van der Waals surface area contributed by atoms with Crippen molar-refractivity contribution in [3.8, 4) is 0 Å². The third-order valence-electron chi connectivity index (χ3n) is 5.75. The van der Waals surface area contributed by atoms with Crippen molar-refractivity contribution in [2.75, 3.05) is 57.8 Å². The number of aromatic nitrogens is 2. The summed E-state index contributed by atoms with van der Waals surface area (Å²) < 4.78 is 5.40. The molecule has 3 heterocycles. The molecule has 8 heteroatoms. The quantitative estimate of drug-likeness (QED) is 0.786. The number of likely N-dealkylation sites (tertiary alicyclic amines) is 1. The van der Waals surface area contributed by atoms with Gasteiger partial charge in [-0.25, -0.2) is 9.97 Å². The lowest BCUT2D eigenvalue weighted by Crippen LogP contribution is -2.63. The third-order valence-corrected chi connectivity index (χ3v) is 5.75. The summed E-state index contributed by atoms with van der Waals surface area (Å²) in [6.07, 6.45) is 3.68.